The van der Waals surface area contributed by atoms with Crippen molar-refractivity contribution in [2.45, 2.75) is 117 Å². The number of fused-ring (bicyclic) bond motifs is 1. The van der Waals surface area contributed by atoms with E-state index in [2.05, 4.69) is 29.4 Å². The van der Waals surface area contributed by atoms with Gasteiger partial charge in [-0.2, -0.15) is 0 Å². The van der Waals surface area contributed by atoms with Crippen LogP contribution in [0.2, 0.25) is 0 Å². The van der Waals surface area contributed by atoms with Gasteiger partial charge in [-0.05, 0) is 92.6 Å². The smallest absolute Gasteiger partial charge is 0.484 e. The normalized spacial score (nSPS) is 18.1. The summed E-state index contributed by atoms with van der Waals surface area (Å²) in [4.78, 5) is 40.8. The maximum Gasteiger partial charge on any atom is 0.509 e. The summed E-state index contributed by atoms with van der Waals surface area (Å²) in [5.74, 6) is 0.408. The summed E-state index contributed by atoms with van der Waals surface area (Å²) in [6, 6.07) is 4.58. The number of hydrogen-bond donors (Lipinski definition) is 2. The first kappa shape index (κ1) is 34.2. The monoisotopic (exact) mass is 577 g/mol. The molecule has 0 spiro atoms. The number of ether oxygens (including phenoxy) is 4. The second kappa shape index (κ2) is 14.2. The minimum atomic E-state index is -1.02. The van der Waals surface area contributed by atoms with Crippen molar-refractivity contribution in [1.29, 1.82) is 0 Å². The minimum Gasteiger partial charge on any atom is -0.484 e. The van der Waals surface area contributed by atoms with Crippen LogP contribution in [0.15, 0.2) is 18.2 Å². The second-order valence-corrected chi connectivity index (χ2v) is 13.0. The molecular formula is C31H51N3O7. The van der Waals surface area contributed by atoms with E-state index in [0.717, 1.165) is 38.0 Å². The van der Waals surface area contributed by atoms with Gasteiger partial charge >= 0.3 is 12.2 Å². The molecule has 1 aliphatic rings. The lowest BCUT2D eigenvalue weighted by atomic mass is 9.85. The molecule has 0 bridgehead atoms. The van der Waals surface area contributed by atoms with Gasteiger partial charge in [-0.25, -0.2) is 9.59 Å². The first-order valence-electron chi connectivity index (χ1n) is 14.6. The summed E-state index contributed by atoms with van der Waals surface area (Å²) in [6.07, 6.45) is -0.0915. The number of carbonyl (C=O) groups excluding carboxylic acids is 3. The highest BCUT2D eigenvalue weighted by Crippen LogP contribution is 2.42. The van der Waals surface area contributed by atoms with Gasteiger partial charge in [0.15, 0.2) is 6.10 Å². The van der Waals surface area contributed by atoms with Crippen molar-refractivity contribution in [2.75, 3.05) is 26.2 Å². The zero-order chi connectivity index (χ0) is 31.0. The lowest BCUT2D eigenvalue weighted by Gasteiger charge is -2.44. The van der Waals surface area contributed by atoms with Gasteiger partial charge in [0.2, 0.25) is 5.91 Å². The predicted molar refractivity (Wildman–Crippen MR) is 158 cm³/mol. The fraction of sp³-hybridized carbons (Fsp3) is 0.710. The molecule has 10 heteroatoms. The lowest BCUT2D eigenvalue weighted by Crippen LogP contribution is -2.56. The van der Waals surface area contributed by atoms with Crippen LogP contribution in [0, 0.1) is 0 Å². The van der Waals surface area contributed by atoms with Crippen LogP contribution in [0.25, 0.3) is 0 Å². The summed E-state index contributed by atoms with van der Waals surface area (Å²) in [5, 5.41) is 5.88. The number of benzene rings is 1. The Morgan fingerprint density at radius 2 is 1.66 bits per heavy atom. The first-order chi connectivity index (χ1) is 18.9. The number of likely N-dealkylation sites (N-methyl/N-ethyl adjacent to an activating group) is 1. The molecule has 0 saturated heterocycles. The van der Waals surface area contributed by atoms with Crippen molar-refractivity contribution < 1.29 is 33.3 Å². The van der Waals surface area contributed by atoms with E-state index in [1.807, 2.05) is 6.07 Å². The van der Waals surface area contributed by atoms with Gasteiger partial charge in [0.1, 0.15) is 28.6 Å². The number of nitrogens with zero attached hydrogens (tertiary/aromatic N) is 1. The summed E-state index contributed by atoms with van der Waals surface area (Å²) < 4.78 is 22.9. The third-order valence-electron chi connectivity index (χ3n) is 6.45. The Morgan fingerprint density at radius 3 is 2.24 bits per heavy atom. The van der Waals surface area contributed by atoms with Crippen LogP contribution in [0.4, 0.5) is 9.59 Å². The Bertz CT molecular complexity index is 1040. The van der Waals surface area contributed by atoms with E-state index in [0.29, 0.717) is 17.9 Å². The van der Waals surface area contributed by atoms with E-state index >= 15 is 0 Å². The van der Waals surface area contributed by atoms with Gasteiger partial charge < -0.3 is 34.5 Å². The number of amides is 2. The van der Waals surface area contributed by atoms with Gasteiger partial charge in [-0.3, -0.25) is 4.79 Å². The average Bonchev–Trinajstić information content (AvgIpc) is 2.81. The van der Waals surface area contributed by atoms with Crippen LogP contribution in [0.1, 0.15) is 99.2 Å². The van der Waals surface area contributed by atoms with E-state index in [4.69, 9.17) is 18.9 Å². The SMILES string of the molecule is CCCCN(CC)CCNC(=O)Cc1ccc2c(c1)[C@@H](NC(=O)OC(C)(C)C)[C@H](OC(=O)OC(C)(C)C)C(C)(C)O2. The van der Waals surface area contributed by atoms with Crippen LogP contribution < -0.4 is 15.4 Å². The number of hydrogen-bond acceptors (Lipinski definition) is 8. The van der Waals surface area contributed by atoms with Gasteiger partial charge in [-0.1, -0.05) is 26.3 Å². The molecule has 232 valence electrons. The summed E-state index contributed by atoms with van der Waals surface area (Å²) in [6.45, 7) is 21.7. The highest BCUT2D eigenvalue weighted by molar-refractivity contribution is 5.78. The fourth-order valence-electron chi connectivity index (χ4n) is 4.54. The molecule has 41 heavy (non-hydrogen) atoms. The molecule has 0 unspecified atom stereocenters. The fourth-order valence-corrected chi connectivity index (χ4v) is 4.54. The zero-order valence-electron chi connectivity index (χ0n) is 26.6. The molecule has 1 heterocycles. The number of carbonyl (C=O) groups is 3. The van der Waals surface area contributed by atoms with E-state index in [-0.39, 0.29) is 12.3 Å². The van der Waals surface area contributed by atoms with Gasteiger partial charge in [-0.15, -0.1) is 0 Å². The van der Waals surface area contributed by atoms with Gasteiger partial charge in [0.25, 0.3) is 0 Å². The van der Waals surface area contributed by atoms with Crippen molar-refractivity contribution in [3.8, 4) is 5.75 Å². The molecule has 1 aliphatic heterocycles. The van der Waals surface area contributed by atoms with Crippen LogP contribution in [0.3, 0.4) is 0 Å². The van der Waals surface area contributed by atoms with Crippen molar-refractivity contribution in [2.24, 2.45) is 0 Å². The number of alkyl carbamates (subject to hydrolysis) is 1. The van der Waals surface area contributed by atoms with E-state index in [1.165, 1.54) is 0 Å². The quantitative estimate of drug-likeness (QED) is 0.330. The molecule has 0 radical (unpaired) electrons. The topological polar surface area (TPSA) is 115 Å². The molecule has 0 fully saturated rings. The maximum absolute atomic E-state index is 12.9. The van der Waals surface area contributed by atoms with Gasteiger partial charge in [0.05, 0.1) is 6.42 Å². The molecule has 2 N–H and O–H groups in total. The summed E-state index contributed by atoms with van der Waals surface area (Å²) in [5.41, 5.74) is -1.22. The molecule has 0 aromatic heterocycles. The third-order valence-corrected chi connectivity index (χ3v) is 6.45. The lowest BCUT2D eigenvalue weighted by molar-refractivity contribution is -0.120. The Labute approximate surface area is 245 Å². The highest BCUT2D eigenvalue weighted by atomic mass is 16.7. The van der Waals surface area contributed by atoms with Crippen LogP contribution in [-0.4, -0.2) is 72.1 Å². The largest absolute Gasteiger partial charge is 0.509 e. The molecule has 1 aromatic carbocycles. The molecule has 1 aromatic rings. The van der Waals surface area contributed by atoms with E-state index in [1.54, 1.807) is 67.5 Å². The molecule has 10 nitrogen and oxygen atoms in total. The van der Waals surface area contributed by atoms with Crippen LogP contribution in [-0.2, 0) is 25.4 Å². The van der Waals surface area contributed by atoms with Crippen molar-refractivity contribution >= 4 is 18.2 Å². The summed E-state index contributed by atoms with van der Waals surface area (Å²) >= 11 is 0. The number of nitrogens with one attached hydrogen (secondary N) is 2. The number of unbranched alkanes of at least 4 members (excludes halogenated alkanes) is 1. The molecule has 2 atom stereocenters. The highest BCUT2D eigenvalue weighted by Gasteiger charge is 2.48. The average molecular weight is 578 g/mol. The Kier molecular flexibility index (Phi) is 11.9. The Morgan fingerprint density at radius 1 is 1.00 bits per heavy atom. The number of rotatable bonds is 11. The zero-order valence-corrected chi connectivity index (χ0v) is 26.6. The van der Waals surface area contributed by atoms with Crippen molar-refractivity contribution in [3.63, 3.8) is 0 Å². The van der Waals surface area contributed by atoms with Crippen LogP contribution in [0.5, 0.6) is 5.75 Å². The minimum absolute atomic E-state index is 0.105. The first-order valence-corrected chi connectivity index (χ1v) is 14.6. The van der Waals surface area contributed by atoms with Crippen molar-refractivity contribution in [1.82, 2.24) is 15.5 Å². The van der Waals surface area contributed by atoms with Gasteiger partial charge in [0, 0.05) is 18.7 Å². The Hall–Kier alpha value is -3.01. The third kappa shape index (κ3) is 11.4. The van der Waals surface area contributed by atoms with E-state index < -0.39 is 41.2 Å². The summed E-state index contributed by atoms with van der Waals surface area (Å²) in [7, 11) is 0. The van der Waals surface area contributed by atoms with E-state index in [9.17, 15) is 14.4 Å². The predicted octanol–water partition coefficient (Wildman–Crippen LogP) is 5.52. The molecule has 2 rings (SSSR count). The molecule has 2 amide bonds. The maximum atomic E-state index is 12.9. The second-order valence-electron chi connectivity index (χ2n) is 13.0. The molecule has 0 aliphatic carbocycles. The Balaban J connectivity index is 2.29. The van der Waals surface area contributed by atoms with Crippen LogP contribution >= 0.6 is 0 Å². The molecular weight excluding hydrogens is 526 g/mol. The van der Waals surface area contributed by atoms with Crippen molar-refractivity contribution in [3.05, 3.63) is 29.3 Å². The molecule has 0 saturated carbocycles. The standard InChI is InChI=1S/C31H51N3O7/c1-11-13-17-34(12-2)18-16-32-24(35)20-21-14-15-23-22(19-21)25(33-27(36)40-29(3,4)5)26(31(9,10)39-23)38-28(37)41-30(6,7)8/h14-15,19,25-26H,11-13,16-18,20H2,1-10H3,(H,32,35)(H,33,36)/t25-,26+/m1/s1.